The highest BCUT2D eigenvalue weighted by Gasteiger charge is 2.17. The highest BCUT2D eigenvalue weighted by atomic mass is 79.9. The fourth-order valence-electron chi connectivity index (χ4n) is 2.78. The Hall–Kier alpha value is -3.50. The van der Waals surface area contributed by atoms with Crippen LogP contribution >= 0.6 is 27.7 Å². The molecule has 4 aromatic rings. The molecular weight excluding hydrogens is 492 g/mol. The molecule has 0 aliphatic rings. The van der Waals surface area contributed by atoms with Crippen LogP contribution in [0.5, 0.6) is 5.75 Å². The van der Waals surface area contributed by atoms with E-state index in [4.69, 9.17) is 0 Å². The van der Waals surface area contributed by atoms with Crippen LogP contribution in [0.15, 0.2) is 87.8 Å². The fraction of sp³-hybridized carbons (Fsp3) is 0.0455. The molecule has 0 saturated carbocycles. The smallest absolute Gasteiger partial charge is 0.250 e. The van der Waals surface area contributed by atoms with E-state index in [9.17, 15) is 9.90 Å². The van der Waals surface area contributed by atoms with Crippen LogP contribution in [0.3, 0.4) is 0 Å². The summed E-state index contributed by atoms with van der Waals surface area (Å²) in [5.41, 5.74) is 4.99. The Kier molecular flexibility index (Phi) is 6.93. The molecule has 2 aromatic carbocycles. The van der Waals surface area contributed by atoms with E-state index in [0.29, 0.717) is 11.0 Å². The third-order valence-electron chi connectivity index (χ3n) is 4.29. The molecule has 160 valence electrons. The minimum absolute atomic E-state index is 0.109. The summed E-state index contributed by atoms with van der Waals surface area (Å²) in [5.74, 6) is 0.658. The lowest BCUT2D eigenvalue weighted by atomic mass is 10.2. The monoisotopic (exact) mass is 508 g/mol. The number of carbonyl (C=O) groups excluding carboxylic acids is 1. The minimum Gasteiger partial charge on any atom is -0.508 e. The quantitative estimate of drug-likeness (QED) is 0.221. The molecule has 0 unspecified atom stereocenters. The normalized spacial score (nSPS) is 11.0. The Morgan fingerprint density at radius 1 is 1.06 bits per heavy atom. The predicted octanol–water partition coefficient (Wildman–Crippen LogP) is 4.04. The number of amides is 1. The zero-order valence-electron chi connectivity index (χ0n) is 16.6. The van der Waals surface area contributed by atoms with Crippen molar-refractivity contribution in [2.24, 2.45) is 5.10 Å². The van der Waals surface area contributed by atoms with E-state index in [2.05, 4.69) is 41.6 Å². The number of phenols is 1. The lowest BCUT2D eigenvalue weighted by Crippen LogP contribution is -2.20. The van der Waals surface area contributed by atoms with E-state index in [1.165, 1.54) is 18.0 Å². The van der Waals surface area contributed by atoms with Crippen molar-refractivity contribution in [3.8, 4) is 22.8 Å². The summed E-state index contributed by atoms with van der Waals surface area (Å²) in [6, 6.07) is 18.0. The SMILES string of the molecule is O=C(CSc1nnc(-c2ccncc2)n1-c1ccc(Br)cc1)N/N=C/c1ccc(O)cc1. The average molecular weight is 509 g/mol. The third-order valence-corrected chi connectivity index (χ3v) is 5.74. The number of rotatable bonds is 7. The second-order valence-corrected chi connectivity index (χ2v) is 8.39. The van der Waals surface area contributed by atoms with Crippen LogP contribution in [0.2, 0.25) is 0 Å². The number of phenolic OH excluding ortho intramolecular Hbond substituents is 1. The van der Waals surface area contributed by atoms with E-state index in [1.54, 1.807) is 36.7 Å². The molecule has 32 heavy (non-hydrogen) atoms. The molecule has 0 aliphatic heterocycles. The van der Waals surface area contributed by atoms with Gasteiger partial charge in [0.2, 0.25) is 0 Å². The Morgan fingerprint density at radius 2 is 1.78 bits per heavy atom. The van der Waals surface area contributed by atoms with Gasteiger partial charge in [0, 0.05) is 28.1 Å². The summed E-state index contributed by atoms with van der Waals surface area (Å²) in [7, 11) is 0. The molecule has 0 saturated heterocycles. The summed E-state index contributed by atoms with van der Waals surface area (Å²) in [5, 5.41) is 22.5. The molecule has 0 bridgehead atoms. The highest BCUT2D eigenvalue weighted by molar-refractivity contribution is 9.10. The van der Waals surface area contributed by atoms with Crippen molar-refractivity contribution in [2.45, 2.75) is 5.16 Å². The van der Waals surface area contributed by atoms with Gasteiger partial charge >= 0.3 is 0 Å². The lowest BCUT2D eigenvalue weighted by Gasteiger charge is -2.10. The molecule has 0 radical (unpaired) electrons. The van der Waals surface area contributed by atoms with Crippen LogP contribution in [-0.2, 0) is 4.79 Å². The molecule has 0 fully saturated rings. The van der Waals surface area contributed by atoms with Gasteiger partial charge in [-0.3, -0.25) is 14.3 Å². The molecule has 2 aromatic heterocycles. The van der Waals surface area contributed by atoms with Gasteiger partial charge in [-0.25, -0.2) is 5.43 Å². The topological polar surface area (TPSA) is 105 Å². The van der Waals surface area contributed by atoms with Crippen LogP contribution in [-0.4, -0.2) is 42.7 Å². The van der Waals surface area contributed by atoms with E-state index >= 15 is 0 Å². The Bertz CT molecular complexity index is 1230. The Morgan fingerprint density at radius 3 is 2.50 bits per heavy atom. The van der Waals surface area contributed by atoms with Crippen molar-refractivity contribution in [1.82, 2.24) is 25.2 Å². The van der Waals surface area contributed by atoms with Crippen molar-refractivity contribution >= 4 is 39.8 Å². The molecule has 2 heterocycles. The van der Waals surface area contributed by atoms with Crippen LogP contribution in [0.1, 0.15) is 5.56 Å². The molecule has 0 aliphatic carbocycles. The maximum atomic E-state index is 12.3. The van der Waals surface area contributed by atoms with Crippen molar-refractivity contribution < 1.29 is 9.90 Å². The van der Waals surface area contributed by atoms with Crippen molar-refractivity contribution in [3.63, 3.8) is 0 Å². The van der Waals surface area contributed by atoms with Crippen molar-refractivity contribution in [3.05, 3.63) is 83.1 Å². The largest absolute Gasteiger partial charge is 0.508 e. The predicted molar refractivity (Wildman–Crippen MR) is 127 cm³/mol. The Labute approximate surface area is 196 Å². The van der Waals surface area contributed by atoms with Gasteiger partial charge in [0.15, 0.2) is 11.0 Å². The van der Waals surface area contributed by atoms with Gasteiger partial charge in [-0.2, -0.15) is 5.10 Å². The first-order valence-corrected chi connectivity index (χ1v) is 11.2. The first-order valence-electron chi connectivity index (χ1n) is 9.45. The second-order valence-electron chi connectivity index (χ2n) is 6.53. The highest BCUT2D eigenvalue weighted by Crippen LogP contribution is 2.28. The number of hydrogen-bond acceptors (Lipinski definition) is 7. The molecule has 2 N–H and O–H groups in total. The first-order chi connectivity index (χ1) is 15.6. The van der Waals surface area contributed by atoms with E-state index in [0.717, 1.165) is 21.3 Å². The minimum atomic E-state index is -0.277. The zero-order chi connectivity index (χ0) is 22.3. The van der Waals surface area contributed by atoms with Gasteiger partial charge in [-0.1, -0.05) is 27.7 Å². The van der Waals surface area contributed by atoms with Crippen LogP contribution in [0.4, 0.5) is 0 Å². The maximum absolute atomic E-state index is 12.3. The van der Waals surface area contributed by atoms with Gasteiger partial charge in [0.05, 0.1) is 12.0 Å². The van der Waals surface area contributed by atoms with Gasteiger partial charge in [-0.05, 0) is 66.2 Å². The molecule has 8 nitrogen and oxygen atoms in total. The number of halogens is 1. The van der Waals surface area contributed by atoms with E-state index in [-0.39, 0.29) is 17.4 Å². The summed E-state index contributed by atoms with van der Waals surface area (Å²) in [4.78, 5) is 16.3. The van der Waals surface area contributed by atoms with Crippen LogP contribution in [0, 0.1) is 0 Å². The maximum Gasteiger partial charge on any atom is 0.250 e. The fourth-order valence-corrected chi connectivity index (χ4v) is 3.78. The van der Waals surface area contributed by atoms with Gasteiger partial charge in [-0.15, -0.1) is 10.2 Å². The van der Waals surface area contributed by atoms with E-state index < -0.39 is 0 Å². The third kappa shape index (κ3) is 5.40. The number of nitrogens with zero attached hydrogens (tertiary/aromatic N) is 5. The number of pyridine rings is 1. The molecular formula is C22H17BrN6O2S. The summed E-state index contributed by atoms with van der Waals surface area (Å²) < 4.78 is 2.86. The summed E-state index contributed by atoms with van der Waals surface area (Å²) >= 11 is 4.71. The number of aromatic nitrogens is 4. The standard InChI is InChI=1S/C22H17BrN6O2S/c23-17-3-5-18(6-4-17)29-21(16-9-11-24-12-10-16)27-28-22(29)32-14-20(31)26-25-13-15-1-7-19(30)8-2-15/h1-13,30H,14H2,(H,26,31)/b25-13+. The van der Waals surface area contributed by atoms with E-state index in [1.807, 2.05) is 41.0 Å². The molecule has 1 amide bonds. The average Bonchev–Trinajstić information content (AvgIpc) is 3.24. The molecule has 0 spiro atoms. The molecule has 0 atom stereocenters. The second kappa shape index (κ2) is 10.2. The van der Waals surface area contributed by atoms with Crippen molar-refractivity contribution in [2.75, 3.05) is 5.75 Å². The summed E-state index contributed by atoms with van der Waals surface area (Å²) in [6.07, 6.45) is 4.90. The number of nitrogens with one attached hydrogen (secondary N) is 1. The lowest BCUT2D eigenvalue weighted by molar-refractivity contribution is -0.118. The zero-order valence-corrected chi connectivity index (χ0v) is 19.0. The number of aromatic hydroxyl groups is 1. The number of thioether (sulfide) groups is 1. The molecule has 10 heteroatoms. The number of hydrazone groups is 1. The number of hydrogen-bond donors (Lipinski definition) is 2. The summed E-state index contributed by atoms with van der Waals surface area (Å²) in [6.45, 7) is 0. The van der Waals surface area contributed by atoms with Gasteiger partial charge in [0.25, 0.3) is 5.91 Å². The van der Waals surface area contributed by atoms with Gasteiger partial charge in [0.1, 0.15) is 5.75 Å². The van der Waals surface area contributed by atoms with Crippen molar-refractivity contribution in [1.29, 1.82) is 0 Å². The first kappa shape index (κ1) is 21.7. The number of carbonyl (C=O) groups is 1. The number of benzene rings is 2. The Balaban J connectivity index is 1.49. The van der Waals surface area contributed by atoms with Crippen LogP contribution in [0.25, 0.3) is 17.1 Å². The van der Waals surface area contributed by atoms with Crippen LogP contribution < -0.4 is 5.43 Å². The molecule has 4 rings (SSSR count). The van der Waals surface area contributed by atoms with Gasteiger partial charge < -0.3 is 5.11 Å².